The molecular weight excluding hydrogens is 383 g/mol. The number of nitrogens with one attached hydrogen (secondary N) is 1. The first-order chi connectivity index (χ1) is 14.6. The molecule has 0 atom stereocenters. The fraction of sp³-hybridized carbons (Fsp3) is 0.261. The molecule has 0 radical (unpaired) electrons. The highest BCUT2D eigenvalue weighted by molar-refractivity contribution is 5.92. The van der Waals surface area contributed by atoms with Gasteiger partial charge in [0.25, 0.3) is 0 Å². The number of rotatable bonds is 5. The Labute approximate surface area is 174 Å². The summed E-state index contributed by atoms with van der Waals surface area (Å²) in [5, 5.41) is 2.71. The van der Waals surface area contributed by atoms with Crippen LogP contribution >= 0.6 is 0 Å². The smallest absolute Gasteiger partial charge is 0.227 e. The molecule has 3 aromatic rings. The van der Waals surface area contributed by atoms with Crippen molar-refractivity contribution >= 4 is 17.4 Å². The first-order valence-corrected chi connectivity index (χ1v) is 9.91. The zero-order valence-electron chi connectivity index (χ0n) is 16.7. The number of methoxy groups -OCH3 is 1. The third-order valence-electron chi connectivity index (χ3n) is 5.36. The lowest BCUT2D eigenvalue weighted by Crippen LogP contribution is -2.38. The zero-order chi connectivity index (χ0) is 20.9. The fourth-order valence-electron chi connectivity index (χ4n) is 3.61. The van der Waals surface area contributed by atoms with Gasteiger partial charge < -0.3 is 15.0 Å². The molecule has 6 nitrogen and oxygen atoms in total. The van der Waals surface area contributed by atoms with Crippen molar-refractivity contribution in [2.75, 3.05) is 30.4 Å². The van der Waals surface area contributed by atoms with E-state index in [-0.39, 0.29) is 17.5 Å². The molecule has 154 valence electrons. The molecule has 0 bridgehead atoms. The average Bonchev–Trinajstić information content (AvgIpc) is 2.81. The van der Waals surface area contributed by atoms with Gasteiger partial charge in [-0.05, 0) is 49.2 Å². The van der Waals surface area contributed by atoms with E-state index in [0.717, 1.165) is 22.8 Å². The summed E-state index contributed by atoms with van der Waals surface area (Å²) >= 11 is 0. The lowest BCUT2D eigenvalue weighted by Gasteiger charge is -2.32. The Balaban J connectivity index is 1.39. The van der Waals surface area contributed by atoms with Crippen molar-refractivity contribution in [1.82, 2.24) is 9.97 Å². The van der Waals surface area contributed by atoms with E-state index in [0.29, 0.717) is 25.9 Å². The number of benzene rings is 2. The first-order valence-electron chi connectivity index (χ1n) is 9.91. The van der Waals surface area contributed by atoms with Gasteiger partial charge in [-0.3, -0.25) is 4.79 Å². The predicted molar refractivity (Wildman–Crippen MR) is 114 cm³/mol. The minimum absolute atomic E-state index is 0.138. The number of hydrogen-bond acceptors (Lipinski definition) is 5. The Kier molecular flexibility index (Phi) is 5.88. The van der Waals surface area contributed by atoms with Crippen LogP contribution in [0, 0.1) is 11.7 Å². The van der Waals surface area contributed by atoms with Crippen LogP contribution in [0.1, 0.15) is 12.8 Å². The monoisotopic (exact) mass is 406 g/mol. The van der Waals surface area contributed by atoms with Crippen LogP contribution < -0.4 is 15.0 Å². The molecule has 1 saturated heterocycles. The number of nitrogens with zero attached hydrogens (tertiary/aromatic N) is 3. The van der Waals surface area contributed by atoms with Crippen molar-refractivity contribution in [3.63, 3.8) is 0 Å². The van der Waals surface area contributed by atoms with Crippen molar-refractivity contribution in [1.29, 1.82) is 0 Å². The van der Waals surface area contributed by atoms with Gasteiger partial charge >= 0.3 is 0 Å². The molecule has 4 rings (SSSR count). The van der Waals surface area contributed by atoms with Gasteiger partial charge in [0, 0.05) is 30.6 Å². The van der Waals surface area contributed by atoms with Gasteiger partial charge in [0.1, 0.15) is 23.7 Å². The van der Waals surface area contributed by atoms with Crippen LogP contribution in [-0.4, -0.2) is 36.1 Å². The Morgan fingerprint density at radius 1 is 1.10 bits per heavy atom. The summed E-state index contributed by atoms with van der Waals surface area (Å²) in [6.45, 7) is 1.41. The van der Waals surface area contributed by atoms with Gasteiger partial charge in [0.2, 0.25) is 5.91 Å². The summed E-state index contributed by atoms with van der Waals surface area (Å²) in [6.07, 6.45) is 2.93. The second kappa shape index (κ2) is 8.90. The summed E-state index contributed by atoms with van der Waals surface area (Å²) < 4.78 is 19.0. The van der Waals surface area contributed by atoms with Gasteiger partial charge in [-0.2, -0.15) is 0 Å². The number of anilines is 2. The maximum Gasteiger partial charge on any atom is 0.227 e. The maximum atomic E-state index is 13.8. The lowest BCUT2D eigenvalue weighted by atomic mass is 9.95. The van der Waals surface area contributed by atoms with Crippen LogP contribution in [-0.2, 0) is 4.79 Å². The number of halogens is 1. The van der Waals surface area contributed by atoms with E-state index in [1.807, 2.05) is 30.3 Å². The Bertz CT molecular complexity index is 1020. The number of piperidine rings is 1. The van der Waals surface area contributed by atoms with Crippen LogP contribution in [0.5, 0.6) is 5.75 Å². The predicted octanol–water partition coefficient (Wildman–Crippen LogP) is 4.15. The molecule has 2 heterocycles. The minimum Gasteiger partial charge on any atom is -0.497 e. The summed E-state index contributed by atoms with van der Waals surface area (Å²) in [5.74, 6) is 0.924. The molecule has 7 heteroatoms. The van der Waals surface area contributed by atoms with Crippen molar-refractivity contribution in [3.05, 3.63) is 66.7 Å². The van der Waals surface area contributed by atoms with Crippen LogP contribution in [0.15, 0.2) is 60.9 Å². The third-order valence-corrected chi connectivity index (χ3v) is 5.36. The van der Waals surface area contributed by atoms with E-state index in [1.54, 1.807) is 31.6 Å². The number of amides is 1. The molecule has 0 saturated carbocycles. The zero-order valence-corrected chi connectivity index (χ0v) is 16.7. The Morgan fingerprint density at radius 3 is 2.53 bits per heavy atom. The highest BCUT2D eigenvalue weighted by Crippen LogP contribution is 2.27. The molecule has 30 heavy (non-hydrogen) atoms. The number of hydrogen-bond donors (Lipinski definition) is 1. The van der Waals surface area contributed by atoms with Crippen molar-refractivity contribution in [2.45, 2.75) is 12.8 Å². The van der Waals surface area contributed by atoms with E-state index < -0.39 is 5.82 Å². The fourth-order valence-corrected chi connectivity index (χ4v) is 3.61. The van der Waals surface area contributed by atoms with Crippen LogP contribution in [0.2, 0.25) is 0 Å². The van der Waals surface area contributed by atoms with E-state index >= 15 is 0 Å². The molecule has 1 fully saturated rings. The molecule has 1 amide bonds. The molecular formula is C23H23FN4O2. The largest absolute Gasteiger partial charge is 0.497 e. The summed E-state index contributed by atoms with van der Waals surface area (Å²) in [6, 6.07) is 15.9. The number of para-hydroxylation sites is 1. The van der Waals surface area contributed by atoms with E-state index in [1.165, 1.54) is 6.07 Å². The number of ether oxygens (including phenoxy) is 1. The van der Waals surface area contributed by atoms with Crippen molar-refractivity contribution < 1.29 is 13.9 Å². The maximum absolute atomic E-state index is 13.8. The lowest BCUT2D eigenvalue weighted by molar-refractivity contribution is -0.120. The Morgan fingerprint density at radius 2 is 1.83 bits per heavy atom. The topological polar surface area (TPSA) is 67.3 Å². The second-order valence-electron chi connectivity index (χ2n) is 7.22. The average molecular weight is 406 g/mol. The summed E-state index contributed by atoms with van der Waals surface area (Å²) in [4.78, 5) is 23.5. The molecule has 1 N–H and O–H groups in total. The van der Waals surface area contributed by atoms with Crippen LogP contribution in [0.25, 0.3) is 11.3 Å². The first kappa shape index (κ1) is 19.8. The van der Waals surface area contributed by atoms with Gasteiger partial charge in [0.05, 0.1) is 18.5 Å². The summed E-state index contributed by atoms with van der Waals surface area (Å²) in [5.41, 5.74) is 2.05. The van der Waals surface area contributed by atoms with Crippen molar-refractivity contribution in [3.8, 4) is 17.0 Å². The molecule has 1 aliphatic rings. The number of carbonyl (C=O) groups excluding carboxylic acids is 1. The molecule has 1 aliphatic heterocycles. The van der Waals surface area contributed by atoms with Crippen LogP contribution in [0.4, 0.5) is 15.9 Å². The SMILES string of the molecule is COc1ccc(-c2cc(N3CCC(C(=O)Nc4ccccc4F)CC3)ncn2)cc1. The van der Waals surface area contributed by atoms with Crippen LogP contribution in [0.3, 0.4) is 0 Å². The standard InChI is InChI=1S/C23H23FN4O2/c1-30-18-8-6-16(7-9-18)21-14-22(26-15-25-21)28-12-10-17(11-13-28)23(29)27-20-5-3-2-4-19(20)24/h2-9,14-15,17H,10-13H2,1H3,(H,27,29). The third kappa shape index (κ3) is 4.40. The van der Waals surface area contributed by atoms with Gasteiger partial charge in [0.15, 0.2) is 0 Å². The second-order valence-corrected chi connectivity index (χ2v) is 7.22. The minimum atomic E-state index is -0.421. The van der Waals surface area contributed by atoms with Gasteiger partial charge in [-0.1, -0.05) is 12.1 Å². The molecule has 0 unspecified atom stereocenters. The van der Waals surface area contributed by atoms with Gasteiger partial charge in [-0.25, -0.2) is 14.4 Å². The van der Waals surface area contributed by atoms with E-state index in [9.17, 15) is 9.18 Å². The number of carbonyl (C=O) groups is 1. The van der Waals surface area contributed by atoms with E-state index in [2.05, 4.69) is 20.2 Å². The number of aromatic nitrogens is 2. The van der Waals surface area contributed by atoms with Crippen molar-refractivity contribution in [2.24, 2.45) is 5.92 Å². The van der Waals surface area contributed by atoms with E-state index in [4.69, 9.17) is 4.74 Å². The molecule has 0 spiro atoms. The normalized spacial score (nSPS) is 14.4. The quantitative estimate of drug-likeness (QED) is 0.690. The Hall–Kier alpha value is -3.48. The molecule has 1 aromatic heterocycles. The molecule has 0 aliphatic carbocycles. The molecule has 2 aromatic carbocycles. The highest BCUT2D eigenvalue weighted by atomic mass is 19.1. The summed E-state index contributed by atoms with van der Waals surface area (Å²) in [7, 11) is 1.64. The highest BCUT2D eigenvalue weighted by Gasteiger charge is 2.26. The van der Waals surface area contributed by atoms with Gasteiger partial charge in [-0.15, -0.1) is 0 Å².